The van der Waals surface area contributed by atoms with Gasteiger partial charge in [-0.25, -0.2) is 8.42 Å². The van der Waals surface area contributed by atoms with Crippen molar-refractivity contribution in [2.24, 2.45) is 0 Å². The van der Waals surface area contributed by atoms with Crippen molar-refractivity contribution >= 4 is 39.1 Å². The summed E-state index contributed by atoms with van der Waals surface area (Å²) >= 11 is 12.2. The van der Waals surface area contributed by atoms with Crippen LogP contribution < -0.4 is 5.32 Å². The van der Waals surface area contributed by atoms with Crippen LogP contribution >= 0.6 is 23.2 Å². The van der Waals surface area contributed by atoms with Crippen LogP contribution in [-0.4, -0.2) is 25.2 Å². The maximum absolute atomic E-state index is 13.3. The van der Waals surface area contributed by atoms with Crippen molar-refractivity contribution in [1.82, 2.24) is 9.62 Å². The van der Waals surface area contributed by atoms with Gasteiger partial charge < -0.3 is 5.32 Å². The van der Waals surface area contributed by atoms with Crippen LogP contribution in [0.2, 0.25) is 10.0 Å². The number of halogens is 2. The summed E-state index contributed by atoms with van der Waals surface area (Å²) in [5, 5.41) is 3.64. The van der Waals surface area contributed by atoms with E-state index in [9.17, 15) is 13.2 Å². The van der Waals surface area contributed by atoms with Crippen molar-refractivity contribution in [3.63, 3.8) is 0 Å². The van der Waals surface area contributed by atoms with E-state index in [1.807, 2.05) is 37.3 Å². The lowest BCUT2D eigenvalue weighted by Gasteiger charge is -2.24. The van der Waals surface area contributed by atoms with Gasteiger partial charge in [0.15, 0.2) is 0 Å². The maximum atomic E-state index is 13.3. The molecule has 31 heavy (non-hydrogen) atoms. The second-order valence-corrected chi connectivity index (χ2v) is 9.80. The molecule has 0 fully saturated rings. The zero-order valence-electron chi connectivity index (χ0n) is 16.8. The summed E-state index contributed by atoms with van der Waals surface area (Å²) in [5.41, 5.74) is 1.48. The molecule has 0 aliphatic rings. The fraction of sp³-hybridized carbons (Fsp3) is 0.174. The van der Waals surface area contributed by atoms with Gasteiger partial charge in [-0.15, -0.1) is 0 Å². The monoisotopic (exact) mass is 476 g/mol. The molecule has 0 saturated carbocycles. The summed E-state index contributed by atoms with van der Waals surface area (Å²) < 4.78 is 27.7. The second-order valence-electron chi connectivity index (χ2n) is 7.02. The molecule has 5 nitrogen and oxygen atoms in total. The third-order valence-corrected chi connectivity index (χ3v) is 7.13. The fourth-order valence-electron chi connectivity index (χ4n) is 3.08. The first-order valence-corrected chi connectivity index (χ1v) is 11.8. The first-order chi connectivity index (χ1) is 14.8. The van der Waals surface area contributed by atoms with Crippen LogP contribution in [0.4, 0.5) is 0 Å². The maximum Gasteiger partial charge on any atom is 0.243 e. The Bertz CT molecular complexity index is 1140. The SMILES string of the molecule is C[C@H](NC(=O)CN(Cc1ccc(Cl)cc1Cl)S(=O)(=O)c1ccccc1)c1ccccc1. The van der Waals surface area contributed by atoms with E-state index in [-0.39, 0.29) is 24.0 Å². The molecule has 0 unspecified atom stereocenters. The minimum absolute atomic E-state index is 0.0691. The molecule has 1 N–H and O–H groups in total. The van der Waals surface area contributed by atoms with Gasteiger partial charge in [0, 0.05) is 16.6 Å². The Morgan fingerprint density at radius 3 is 2.19 bits per heavy atom. The number of hydrogen-bond donors (Lipinski definition) is 1. The van der Waals surface area contributed by atoms with E-state index in [4.69, 9.17) is 23.2 Å². The minimum atomic E-state index is -3.94. The molecular weight excluding hydrogens is 455 g/mol. The van der Waals surface area contributed by atoms with Crippen LogP contribution in [0.25, 0.3) is 0 Å². The summed E-state index contributed by atoms with van der Waals surface area (Å²) in [6.07, 6.45) is 0. The molecule has 3 aromatic rings. The molecule has 0 radical (unpaired) electrons. The third kappa shape index (κ3) is 6.08. The predicted molar refractivity (Wildman–Crippen MR) is 123 cm³/mol. The zero-order valence-corrected chi connectivity index (χ0v) is 19.2. The van der Waals surface area contributed by atoms with Crippen molar-refractivity contribution in [2.75, 3.05) is 6.54 Å². The topological polar surface area (TPSA) is 66.5 Å². The third-order valence-electron chi connectivity index (χ3n) is 4.74. The first kappa shape index (κ1) is 23.3. The largest absolute Gasteiger partial charge is 0.348 e. The van der Waals surface area contributed by atoms with Gasteiger partial charge in [0.05, 0.1) is 17.5 Å². The van der Waals surface area contributed by atoms with E-state index in [0.29, 0.717) is 15.6 Å². The van der Waals surface area contributed by atoms with Crippen molar-refractivity contribution in [3.8, 4) is 0 Å². The number of carbonyl (C=O) groups excluding carboxylic acids is 1. The molecule has 1 amide bonds. The van der Waals surface area contributed by atoms with Gasteiger partial charge in [0.2, 0.25) is 15.9 Å². The molecule has 3 rings (SSSR count). The Balaban J connectivity index is 1.85. The predicted octanol–water partition coefficient (Wildman–Crippen LogP) is 5.06. The van der Waals surface area contributed by atoms with Crippen LogP contribution in [-0.2, 0) is 21.4 Å². The normalized spacial score (nSPS) is 12.5. The number of amides is 1. The molecule has 0 aliphatic heterocycles. The number of benzene rings is 3. The summed E-state index contributed by atoms with van der Waals surface area (Å²) in [6, 6.07) is 22.0. The summed E-state index contributed by atoms with van der Waals surface area (Å²) in [6.45, 7) is 1.42. The average molecular weight is 477 g/mol. The van der Waals surface area contributed by atoms with Crippen LogP contribution in [0.15, 0.2) is 83.8 Å². The Morgan fingerprint density at radius 2 is 1.58 bits per heavy atom. The number of rotatable bonds is 8. The van der Waals surface area contributed by atoms with Gasteiger partial charge in [0.1, 0.15) is 0 Å². The first-order valence-electron chi connectivity index (χ1n) is 9.61. The molecule has 0 bridgehead atoms. The van der Waals surface area contributed by atoms with E-state index >= 15 is 0 Å². The minimum Gasteiger partial charge on any atom is -0.348 e. The van der Waals surface area contributed by atoms with Crippen LogP contribution in [0.1, 0.15) is 24.1 Å². The van der Waals surface area contributed by atoms with Gasteiger partial charge in [-0.05, 0) is 42.3 Å². The Labute approximate surface area is 192 Å². The summed E-state index contributed by atoms with van der Waals surface area (Å²) in [5.74, 6) is -0.416. The number of nitrogens with zero attached hydrogens (tertiary/aromatic N) is 1. The number of hydrogen-bond acceptors (Lipinski definition) is 3. The van der Waals surface area contributed by atoms with E-state index in [2.05, 4.69) is 5.32 Å². The van der Waals surface area contributed by atoms with Gasteiger partial charge in [-0.2, -0.15) is 4.31 Å². The summed E-state index contributed by atoms with van der Waals surface area (Å²) in [4.78, 5) is 12.9. The van der Waals surface area contributed by atoms with Crippen molar-refractivity contribution in [1.29, 1.82) is 0 Å². The Kier molecular flexibility index (Phi) is 7.73. The lowest BCUT2D eigenvalue weighted by molar-refractivity contribution is -0.122. The molecule has 0 aliphatic carbocycles. The quantitative estimate of drug-likeness (QED) is 0.493. The van der Waals surface area contributed by atoms with Crippen LogP contribution in [0.5, 0.6) is 0 Å². The van der Waals surface area contributed by atoms with E-state index in [1.165, 1.54) is 12.1 Å². The summed E-state index contributed by atoms with van der Waals surface area (Å²) in [7, 11) is -3.94. The number of sulfonamides is 1. The van der Waals surface area contributed by atoms with Crippen molar-refractivity contribution in [3.05, 3.63) is 100 Å². The number of nitrogens with one attached hydrogen (secondary N) is 1. The molecule has 0 aromatic heterocycles. The highest BCUT2D eigenvalue weighted by atomic mass is 35.5. The van der Waals surface area contributed by atoms with E-state index in [0.717, 1.165) is 9.87 Å². The highest BCUT2D eigenvalue weighted by Gasteiger charge is 2.28. The molecule has 0 spiro atoms. The molecule has 8 heteroatoms. The fourth-order valence-corrected chi connectivity index (χ4v) is 4.94. The highest BCUT2D eigenvalue weighted by Crippen LogP contribution is 2.25. The molecule has 1 atom stereocenters. The molecule has 0 saturated heterocycles. The Morgan fingerprint density at radius 1 is 0.968 bits per heavy atom. The highest BCUT2D eigenvalue weighted by molar-refractivity contribution is 7.89. The van der Waals surface area contributed by atoms with E-state index < -0.39 is 15.9 Å². The lowest BCUT2D eigenvalue weighted by Crippen LogP contribution is -2.41. The van der Waals surface area contributed by atoms with Gasteiger partial charge in [-0.1, -0.05) is 77.8 Å². The Hall–Kier alpha value is -2.38. The average Bonchev–Trinajstić information content (AvgIpc) is 2.76. The van der Waals surface area contributed by atoms with Gasteiger partial charge >= 0.3 is 0 Å². The molecule has 0 heterocycles. The van der Waals surface area contributed by atoms with Crippen molar-refractivity contribution in [2.45, 2.75) is 24.4 Å². The standard InChI is InChI=1S/C23H22Cl2N2O3S/c1-17(18-8-4-2-5-9-18)26-23(28)16-27(15-19-12-13-20(24)14-22(19)25)31(29,30)21-10-6-3-7-11-21/h2-14,17H,15-16H2,1H3,(H,26,28)/t17-/m0/s1. The van der Waals surface area contributed by atoms with Crippen LogP contribution in [0.3, 0.4) is 0 Å². The lowest BCUT2D eigenvalue weighted by atomic mass is 10.1. The smallest absolute Gasteiger partial charge is 0.243 e. The van der Waals surface area contributed by atoms with Crippen LogP contribution in [0, 0.1) is 0 Å². The van der Waals surface area contributed by atoms with Crippen molar-refractivity contribution < 1.29 is 13.2 Å². The zero-order chi connectivity index (χ0) is 22.4. The van der Waals surface area contributed by atoms with Gasteiger partial charge in [0.25, 0.3) is 0 Å². The molecular formula is C23H22Cl2N2O3S. The number of carbonyl (C=O) groups is 1. The molecule has 3 aromatic carbocycles. The van der Waals surface area contributed by atoms with E-state index in [1.54, 1.807) is 36.4 Å². The second kappa shape index (κ2) is 10.3. The van der Waals surface area contributed by atoms with Gasteiger partial charge in [-0.3, -0.25) is 4.79 Å². The molecule has 162 valence electrons.